The molecule has 0 saturated heterocycles. The third kappa shape index (κ3) is 3.37. The molecule has 0 spiro atoms. The molecule has 18 heavy (non-hydrogen) atoms. The molecule has 1 aromatic rings. The minimum Gasteiger partial charge on any atom is -0.481 e. The number of carboxylic acids is 1. The molecule has 5 nitrogen and oxygen atoms in total. The molecule has 6 heteroatoms. The van der Waals surface area contributed by atoms with Gasteiger partial charge in [-0.15, -0.1) is 0 Å². The van der Waals surface area contributed by atoms with E-state index >= 15 is 0 Å². The Morgan fingerprint density at radius 2 is 2.06 bits per heavy atom. The van der Waals surface area contributed by atoms with Gasteiger partial charge in [-0.1, -0.05) is 11.6 Å². The van der Waals surface area contributed by atoms with E-state index in [-0.39, 0.29) is 17.2 Å². The Kier molecular flexibility index (Phi) is 4.19. The van der Waals surface area contributed by atoms with E-state index in [1.54, 1.807) is 0 Å². The lowest BCUT2D eigenvalue weighted by Crippen LogP contribution is -2.30. The molecule has 98 valence electrons. The van der Waals surface area contributed by atoms with Crippen LogP contribution in [0, 0.1) is 5.41 Å². The van der Waals surface area contributed by atoms with Gasteiger partial charge in [0.1, 0.15) is 6.61 Å². The van der Waals surface area contributed by atoms with E-state index in [9.17, 15) is 9.59 Å². The highest BCUT2D eigenvalue weighted by atomic mass is 35.5. The van der Waals surface area contributed by atoms with Crippen LogP contribution in [0.15, 0.2) is 18.2 Å². The van der Waals surface area contributed by atoms with Crippen molar-refractivity contribution in [2.45, 2.75) is 13.8 Å². The van der Waals surface area contributed by atoms with Crippen molar-refractivity contribution < 1.29 is 19.4 Å². The van der Waals surface area contributed by atoms with Gasteiger partial charge in [-0.3, -0.25) is 4.79 Å². The fraction of sp³-hybridized carbons (Fsp3) is 0.333. The van der Waals surface area contributed by atoms with Crippen LogP contribution in [-0.2, 0) is 9.53 Å². The molecular weight excluding hydrogens is 258 g/mol. The summed E-state index contributed by atoms with van der Waals surface area (Å²) >= 11 is 5.77. The number of benzene rings is 1. The fourth-order valence-electron chi connectivity index (χ4n) is 1.05. The second-order valence-corrected chi connectivity index (χ2v) is 4.91. The summed E-state index contributed by atoms with van der Waals surface area (Å²) in [6.07, 6.45) is 0. The molecular formula is C12H14ClNO4. The SMILES string of the molecule is CC(C)(COC(=O)c1ccc(N)c(Cl)c1)C(=O)O. The number of carbonyl (C=O) groups excluding carboxylic acids is 1. The second kappa shape index (κ2) is 5.27. The highest BCUT2D eigenvalue weighted by Gasteiger charge is 2.29. The zero-order valence-electron chi connectivity index (χ0n) is 10.1. The number of esters is 1. The van der Waals surface area contributed by atoms with E-state index in [1.807, 2.05) is 0 Å². The van der Waals surface area contributed by atoms with Gasteiger partial charge < -0.3 is 15.6 Å². The normalized spacial score (nSPS) is 11.1. The van der Waals surface area contributed by atoms with E-state index < -0.39 is 17.4 Å². The third-order valence-electron chi connectivity index (χ3n) is 2.38. The molecule has 0 aliphatic heterocycles. The van der Waals surface area contributed by atoms with Gasteiger partial charge in [-0.25, -0.2) is 4.79 Å². The van der Waals surface area contributed by atoms with E-state index in [1.165, 1.54) is 32.0 Å². The number of nitrogens with two attached hydrogens (primary N) is 1. The molecule has 3 N–H and O–H groups in total. The van der Waals surface area contributed by atoms with Crippen molar-refractivity contribution in [3.8, 4) is 0 Å². The highest BCUT2D eigenvalue weighted by molar-refractivity contribution is 6.33. The van der Waals surface area contributed by atoms with E-state index in [0.29, 0.717) is 5.69 Å². The maximum absolute atomic E-state index is 11.7. The first kappa shape index (κ1) is 14.3. The van der Waals surface area contributed by atoms with Gasteiger partial charge in [0, 0.05) is 0 Å². The number of hydrogen-bond donors (Lipinski definition) is 2. The predicted octanol–water partition coefficient (Wildman–Crippen LogP) is 2.19. The number of carboxylic acid groups (broad SMARTS) is 1. The molecule has 0 aliphatic rings. The first-order valence-electron chi connectivity index (χ1n) is 5.19. The first-order valence-corrected chi connectivity index (χ1v) is 5.57. The van der Waals surface area contributed by atoms with Crippen molar-refractivity contribution in [1.29, 1.82) is 0 Å². The predicted molar refractivity (Wildman–Crippen MR) is 67.6 cm³/mol. The number of halogens is 1. The van der Waals surface area contributed by atoms with Crippen molar-refractivity contribution in [2.24, 2.45) is 5.41 Å². The Morgan fingerprint density at radius 3 is 2.56 bits per heavy atom. The number of nitrogen functional groups attached to an aromatic ring is 1. The quantitative estimate of drug-likeness (QED) is 0.647. The number of hydrogen-bond acceptors (Lipinski definition) is 4. The number of rotatable bonds is 4. The topological polar surface area (TPSA) is 89.6 Å². The monoisotopic (exact) mass is 271 g/mol. The molecule has 0 aromatic heterocycles. The zero-order chi connectivity index (χ0) is 13.9. The van der Waals surface area contributed by atoms with Crippen molar-refractivity contribution in [2.75, 3.05) is 12.3 Å². The second-order valence-electron chi connectivity index (χ2n) is 4.50. The summed E-state index contributed by atoms with van der Waals surface area (Å²) in [6, 6.07) is 4.34. The van der Waals surface area contributed by atoms with Crippen molar-refractivity contribution in [1.82, 2.24) is 0 Å². The van der Waals surface area contributed by atoms with Gasteiger partial charge in [0.2, 0.25) is 0 Å². The van der Waals surface area contributed by atoms with Crippen LogP contribution in [0.4, 0.5) is 5.69 Å². The van der Waals surface area contributed by atoms with Crippen LogP contribution in [-0.4, -0.2) is 23.7 Å². The average molecular weight is 272 g/mol. The lowest BCUT2D eigenvalue weighted by molar-refractivity contribution is -0.149. The molecule has 1 aromatic carbocycles. The Balaban J connectivity index is 2.72. The number of anilines is 1. The molecule has 0 aliphatic carbocycles. The lowest BCUT2D eigenvalue weighted by atomic mass is 9.95. The zero-order valence-corrected chi connectivity index (χ0v) is 10.8. The van der Waals surface area contributed by atoms with Crippen molar-refractivity contribution in [3.63, 3.8) is 0 Å². The summed E-state index contributed by atoms with van der Waals surface area (Å²) in [4.78, 5) is 22.5. The molecule has 0 bridgehead atoms. The smallest absolute Gasteiger partial charge is 0.338 e. The number of aliphatic carboxylic acids is 1. The third-order valence-corrected chi connectivity index (χ3v) is 2.71. The van der Waals surface area contributed by atoms with E-state index in [0.717, 1.165) is 0 Å². The van der Waals surface area contributed by atoms with E-state index in [2.05, 4.69) is 0 Å². The fourth-order valence-corrected chi connectivity index (χ4v) is 1.23. The van der Waals surface area contributed by atoms with E-state index in [4.69, 9.17) is 27.2 Å². The summed E-state index contributed by atoms with van der Waals surface area (Å²) in [5.74, 6) is -1.67. The minimum atomic E-state index is -1.13. The van der Waals surface area contributed by atoms with Crippen LogP contribution in [0.1, 0.15) is 24.2 Å². The standard InChI is InChI=1S/C12H14ClNO4/c1-12(2,11(16)17)6-18-10(15)7-3-4-9(14)8(13)5-7/h3-5H,6,14H2,1-2H3,(H,16,17). The molecule has 0 fully saturated rings. The molecule has 1 rings (SSSR count). The van der Waals surface area contributed by atoms with Crippen LogP contribution in [0.5, 0.6) is 0 Å². The Labute approximate surface area is 109 Å². The highest BCUT2D eigenvalue weighted by Crippen LogP contribution is 2.21. The number of ether oxygens (including phenoxy) is 1. The van der Waals surface area contributed by atoms with Crippen LogP contribution in [0.2, 0.25) is 5.02 Å². The summed E-state index contributed by atoms with van der Waals surface area (Å²) in [6.45, 7) is 2.72. The summed E-state index contributed by atoms with van der Waals surface area (Å²) < 4.78 is 4.93. The van der Waals surface area contributed by atoms with Gasteiger partial charge in [0.15, 0.2) is 0 Å². The Bertz CT molecular complexity index is 485. The maximum Gasteiger partial charge on any atom is 0.338 e. The lowest BCUT2D eigenvalue weighted by Gasteiger charge is -2.18. The largest absolute Gasteiger partial charge is 0.481 e. The molecule has 0 saturated carbocycles. The molecule has 0 amide bonds. The van der Waals surface area contributed by atoms with Gasteiger partial charge in [-0.05, 0) is 32.0 Å². The van der Waals surface area contributed by atoms with Crippen LogP contribution in [0.3, 0.4) is 0 Å². The molecule has 0 atom stereocenters. The summed E-state index contributed by atoms with van der Waals surface area (Å²) in [7, 11) is 0. The maximum atomic E-state index is 11.7. The average Bonchev–Trinajstić information content (AvgIpc) is 2.29. The Hall–Kier alpha value is -1.75. The molecule has 0 heterocycles. The van der Waals surface area contributed by atoms with Gasteiger partial charge in [0.25, 0.3) is 0 Å². The Morgan fingerprint density at radius 1 is 1.44 bits per heavy atom. The minimum absolute atomic E-state index is 0.219. The molecule has 0 radical (unpaired) electrons. The summed E-state index contributed by atoms with van der Waals surface area (Å²) in [5.41, 5.74) is 4.97. The van der Waals surface area contributed by atoms with Crippen LogP contribution < -0.4 is 5.73 Å². The number of carbonyl (C=O) groups is 2. The van der Waals surface area contributed by atoms with Crippen molar-refractivity contribution >= 4 is 29.2 Å². The van der Waals surface area contributed by atoms with Gasteiger partial charge in [-0.2, -0.15) is 0 Å². The first-order chi connectivity index (χ1) is 8.24. The van der Waals surface area contributed by atoms with Crippen LogP contribution in [0.25, 0.3) is 0 Å². The molecule has 0 unspecified atom stereocenters. The summed E-state index contributed by atoms with van der Waals surface area (Å²) in [5, 5.41) is 9.13. The van der Waals surface area contributed by atoms with Gasteiger partial charge in [0.05, 0.1) is 21.7 Å². The van der Waals surface area contributed by atoms with Crippen LogP contribution >= 0.6 is 11.6 Å². The van der Waals surface area contributed by atoms with Gasteiger partial charge >= 0.3 is 11.9 Å². The van der Waals surface area contributed by atoms with Crippen molar-refractivity contribution in [3.05, 3.63) is 28.8 Å².